The number of hydrogen-bond donors (Lipinski definition) is 2. The molecule has 0 saturated carbocycles. The molecule has 4 aromatic rings. The second-order valence-corrected chi connectivity index (χ2v) is 7.61. The number of hydrogen-bond acceptors (Lipinski definition) is 4. The molecule has 1 atom stereocenters. The molecule has 5 rings (SSSR count). The van der Waals surface area contributed by atoms with E-state index in [2.05, 4.69) is 9.97 Å². The monoisotopic (exact) mass is 429 g/mol. The van der Waals surface area contributed by atoms with Crippen molar-refractivity contribution < 1.29 is 14.7 Å². The molecule has 2 aromatic heterocycles. The van der Waals surface area contributed by atoms with Crippen LogP contribution in [0.5, 0.6) is 0 Å². The molecule has 0 bridgehead atoms. The molecule has 1 amide bonds. The maximum Gasteiger partial charge on any atom is 0.300 e. The smallest absolute Gasteiger partial charge is 0.300 e. The van der Waals surface area contributed by atoms with Crippen molar-refractivity contribution in [1.29, 1.82) is 0 Å². The highest BCUT2D eigenvalue weighted by Gasteiger charge is 2.47. The molecule has 1 aliphatic heterocycles. The van der Waals surface area contributed by atoms with Gasteiger partial charge >= 0.3 is 0 Å². The lowest BCUT2D eigenvalue weighted by atomic mass is 9.95. The Kier molecular flexibility index (Phi) is 4.56. The summed E-state index contributed by atoms with van der Waals surface area (Å²) < 4.78 is 0. The Balaban J connectivity index is 1.76. The minimum Gasteiger partial charge on any atom is -0.507 e. The minimum absolute atomic E-state index is 0.0147. The summed E-state index contributed by atoms with van der Waals surface area (Å²) in [4.78, 5) is 34.8. The first-order chi connectivity index (χ1) is 15.1. The SMILES string of the molecule is O=C1C(=O)N(c2cccc(Cl)c2)C(c2ccncc2)/C1=C(/O)c1c[nH]c2ccccc12. The number of carbonyl (C=O) groups is 2. The first kappa shape index (κ1) is 19.1. The summed E-state index contributed by atoms with van der Waals surface area (Å²) in [6.07, 6.45) is 4.80. The number of nitrogens with zero attached hydrogens (tertiary/aromatic N) is 2. The fourth-order valence-electron chi connectivity index (χ4n) is 4.00. The molecule has 3 heterocycles. The van der Waals surface area contributed by atoms with Gasteiger partial charge in [0.2, 0.25) is 0 Å². The molecule has 1 unspecified atom stereocenters. The Labute approximate surface area is 182 Å². The Hall–Kier alpha value is -3.90. The van der Waals surface area contributed by atoms with E-state index in [-0.39, 0.29) is 11.3 Å². The maximum absolute atomic E-state index is 13.2. The van der Waals surface area contributed by atoms with Crippen LogP contribution in [-0.2, 0) is 9.59 Å². The summed E-state index contributed by atoms with van der Waals surface area (Å²) in [7, 11) is 0. The normalized spacial score (nSPS) is 18.1. The zero-order chi connectivity index (χ0) is 21.5. The molecule has 1 saturated heterocycles. The van der Waals surface area contributed by atoms with Gasteiger partial charge in [0.1, 0.15) is 5.76 Å². The molecule has 6 nitrogen and oxygen atoms in total. The van der Waals surface area contributed by atoms with Crippen LogP contribution >= 0.6 is 11.6 Å². The molecule has 7 heteroatoms. The molecule has 1 aliphatic rings. The fraction of sp³-hybridized carbons (Fsp3) is 0.0417. The third-order valence-electron chi connectivity index (χ3n) is 5.40. The van der Waals surface area contributed by atoms with Gasteiger partial charge in [-0.1, -0.05) is 35.9 Å². The van der Waals surface area contributed by atoms with E-state index >= 15 is 0 Å². The number of nitrogens with one attached hydrogen (secondary N) is 1. The van der Waals surface area contributed by atoms with Crippen LogP contribution in [0.15, 0.2) is 84.8 Å². The number of halogens is 1. The zero-order valence-corrected chi connectivity index (χ0v) is 16.9. The number of amides is 1. The van der Waals surface area contributed by atoms with Gasteiger partial charge in [0.15, 0.2) is 0 Å². The van der Waals surface area contributed by atoms with Crippen molar-refractivity contribution in [1.82, 2.24) is 9.97 Å². The van der Waals surface area contributed by atoms with Crippen LogP contribution in [0.2, 0.25) is 5.02 Å². The largest absolute Gasteiger partial charge is 0.507 e. The van der Waals surface area contributed by atoms with Gasteiger partial charge in [-0.2, -0.15) is 0 Å². The number of ketones is 1. The van der Waals surface area contributed by atoms with Crippen LogP contribution in [0.1, 0.15) is 17.2 Å². The second kappa shape index (κ2) is 7.41. The molecule has 152 valence electrons. The number of aromatic amines is 1. The summed E-state index contributed by atoms with van der Waals surface area (Å²) in [6, 6.07) is 16.8. The van der Waals surface area contributed by atoms with Crippen LogP contribution in [-0.4, -0.2) is 26.8 Å². The van der Waals surface area contributed by atoms with Crippen LogP contribution in [0.4, 0.5) is 5.69 Å². The molecule has 0 aliphatic carbocycles. The fourth-order valence-corrected chi connectivity index (χ4v) is 4.18. The van der Waals surface area contributed by atoms with Crippen molar-refractivity contribution in [3.8, 4) is 0 Å². The van der Waals surface area contributed by atoms with Crippen molar-refractivity contribution >= 4 is 45.6 Å². The van der Waals surface area contributed by atoms with Crippen LogP contribution < -0.4 is 4.90 Å². The van der Waals surface area contributed by atoms with Crippen molar-refractivity contribution in [2.75, 3.05) is 4.90 Å². The highest BCUT2D eigenvalue weighted by Crippen LogP contribution is 2.43. The number of pyridine rings is 1. The van der Waals surface area contributed by atoms with E-state index in [0.717, 1.165) is 10.9 Å². The van der Waals surface area contributed by atoms with Crippen molar-refractivity contribution in [3.05, 3.63) is 101 Å². The Morgan fingerprint density at radius 2 is 1.81 bits per heavy atom. The van der Waals surface area contributed by atoms with Gasteiger partial charge in [-0.15, -0.1) is 0 Å². The molecular formula is C24H16ClN3O3. The number of para-hydroxylation sites is 1. The maximum atomic E-state index is 13.2. The standard InChI is InChI=1S/C24H16ClN3O3/c25-15-4-3-5-16(12-15)28-21(14-8-10-26-11-9-14)20(23(30)24(28)31)22(29)18-13-27-19-7-2-1-6-17(18)19/h1-13,21,27,29H/b22-20-. The number of carbonyl (C=O) groups excluding carboxylic acids is 2. The van der Waals surface area contributed by atoms with Crippen LogP contribution in [0.25, 0.3) is 16.7 Å². The minimum atomic E-state index is -0.824. The number of aliphatic hydroxyl groups is 1. The van der Waals surface area contributed by atoms with Gasteiger partial charge in [-0.25, -0.2) is 0 Å². The summed E-state index contributed by atoms with van der Waals surface area (Å²) >= 11 is 6.15. The summed E-state index contributed by atoms with van der Waals surface area (Å²) in [5.74, 6) is -1.72. The van der Waals surface area contributed by atoms with E-state index in [9.17, 15) is 14.7 Å². The number of aliphatic hydroxyl groups excluding tert-OH is 1. The first-order valence-electron chi connectivity index (χ1n) is 9.59. The van der Waals surface area contributed by atoms with Gasteiger partial charge in [0.25, 0.3) is 11.7 Å². The average molecular weight is 430 g/mol. The Morgan fingerprint density at radius 3 is 2.58 bits per heavy atom. The van der Waals surface area contributed by atoms with E-state index in [1.807, 2.05) is 24.3 Å². The number of fused-ring (bicyclic) bond motifs is 1. The highest BCUT2D eigenvalue weighted by molar-refractivity contribution is 6.52. The average Bonchev–Trinajstić information content (AvgIpc) is 3.33. The van der Waals surface area contributed by atoms with Crippen molar-refractivity contribution in [3.63, 3.8) is 0 Å². The van der Waals surface area contributed by atoms with Gasteiger partial charge in [-0.3, -0.25) is 19.5 Å². The van der Waals surface area contributed by atoms with Crippen LogP contribution in [0, 0.1) is 0 Å². The molecule has 31 heavy (non-hydrogen) atoms. The number of anilines is 1. The van der Waals surface area contributed by atoms with Gasteiger partial charge in [0, 0.05) is 45.8 Å². The predicted molar refractivity (Wildman–Crippen MR) is 119 cm³/mol. The number of aromatic nitrogens is 2. The van der Waals surface area contributed by atoms with Crippen LogP contribution in [0.3, 0.4) is 0 Å². The quantitative estimate of drug-likeness (QED) is 0.277. The van der Waals surface area contributed by atoms with Gasteiger partial charge in [-0.05, 0) is 42.0 Å². The predicted octanol–water partition coefficient (Wildman–Crippen LogP) is 4.84. The molecule has 0 spiro atoms. The van der Waals surface area contributed by atoms with Gasteiger partial charge < -0.3 is 10.1 Å². The number of H-pyrrole nitrogens is 1. The lowest BCUT2D eigenvalue weighted by Crippen LogP contribution is -2.29. The number of rotatable bonds is 3. The van der Waals surface area contributed by atoms with Crippen molar-refractivity contribution in [2.24, 2.45) is 0 Å². The third-order valence-corrected chi connectivity index (χ3v) is 5.63. The van der Waals surface area contributed by atoms with E-state index in [0.29, 0.717) is 21.8 Å². The highest BCUT2D eigenvalue weighted by atomic mass is 35.5. The van der Waals surface area contributed by atoms with E-state index < -0.39 is 17.7 Å². The number of Topliss-reactive ketones (excluding diaryl/α,β-unsaturated/α-hetero) is 1. The van der Waals surface area contributed by atoms with Crippen molar-refractivity contribution in [2.45, 2.75) is 6.04 Å². The van der Waals surface area contributed by atoms with E-state index in [4.69, 9.17) is 11.6 Å². The Morgan fingerprint density at radius 1 is 1.03 bits per heavy atom. The molecule has 2 N–H and O–H groups in total. The molecule has 0 radical (unpaired) electrons. The number of benzene rings is 2. The molecule has 1 fully saturated rings. The summed E-state index contributed by atoms with van der Waals surface area (Å²) in [5, 5.41) is 12.5. The first-order valence-corrected chi connectivity index (χ1v) is 9.97. The lowest BCUT2D eigenvalue weighted by Gasteiger charge is -2.25. The lowest BCUT2D eigenvalue weighted by molar-refractivity contribution is -0.132. The van der Waals surface area contributed by atoms with Gasteiger partial charge in [0.05, 0.1) is 11.6 Å². The molecular weight excluding hydrogens is 414 g/mol. The second-order valence-electron chi connectivity index (χ2n) is 7.18. The molecule has 2 aromatic carbocycles. The Bertz CT molecular complexity index is 1360. The third kappa shape index (κ3) is 3.08. The van der Waals surface area contributed by atoms with E-state index in [1.54, 1.807) is 55.0 Å². The summed E-state index contributed by atoms with van der Waals surface area (Å²) in [5.41, 5.74) is 2.40. The van der Waals surface area contributed by atoms with E-state index in [1.165, 1.54) is 4.90 Å². The topological polar surface area (TPSA) is 86.3 Å². The summed E-state index contributed by atoms with van der Waals surface area (Å²) in [6.45, 7) is 0. The zero-order valence-electron chi connectivity index (χ0n) is 16.1.